The molecule has 1 aromatic carbocycles. The Balaban J connectivity index is 1.97. The number of aromatic nitrogens is 1. The topological polar surface area (TPSA) is 71.5 Å². The van der Waals surface area contributed by atoms with Crippen LogP contribution in [-0.4, -0.2) is 22.7 Å². The summed E-state index contributed by atoms with van der Waals surface area (Å²) in [6.45, 7) is 0.155. The van der Waals surface area contributed by atoms with Crippen molar-refractivity contribution in [2.75, 3.05) is 11.9 Å². The number of benzene rings is 1. The zero-order valence-electron chi connectivity index (χ0n) is 10.2. The van der Waals surface area contributed by atoms with Gasteiger partial charge in [-0.05, 0) is 24.3 Å². The van der Waals surface area contributed by atoms with Crippen molar-refractivity contribution in [1.82, 2.24) is 4.98 Å². The second-order valence-electron chi connectivity index (χ2n) is 3.86. The fourth-order valence-electron chi connectivity index (χ4n) is 1.50. The Labute approximate surface area is 110 Å². The highest BCUT2D eigenvalue weighted by Crippen LogP contribution is 2.20. The lowest BCUT2D eigenvalue weighted by molar-refractivity contribution is -0.137. The molecule has 1 aromatic heterocycles. The molecule has 0 atom stereocenters. The Morgan fingerprint density at radius 3 is 2.89 bits per heavy atom. The second-order valence-corrected chi connectivity index (χ2v) is 3.86. The highest BCUT2D eigenvalue weighted by atomic mass is 16.5. The monoisotopic (exact) mass is 258 g/mol. The normalized spacial score (nSPS) is 9.89. The molecule has 0 fully saturated rings. The Kier molecular flexibility index (Phi) is 4.34. The van der Waals surface area contributed by atoms with Gasteiger partial charge in [-0.2, -0.15) is 0 Å². The molecule has 0 aliphatic heterocycles. The molecule has 0 radical (unpaired) electrons. The number of carboxylic acids is 1. The third-order valence-electron chi connectivity index (χ3n) is 2.36. The van der Waals surface area contributed by atoms with Gasteiger partial charge >= 0.3 is 5.97 Å². The van der Waals surface area contributed by atoms with Crippen molar-refractivity contribution in [1.29, 1.82) is 0 Å². The number of ether oxygens (including phenoxy) is 1. The van der Waals surface area contributed by atoms with E-state index in [1.165, 1.54) is 0 Å². The van der Waals surface area contributed by atoms with E-state index in [9.17, 15) is 4.79 Å². The summed E-state index contributed by atoms with van der Waals surface area (Å²) in [5.74, 6) is 0.495. The molecule has 19 heavy (non-hydrogen) atoms. The number of aliphatic carboxylic acids is 1. The highest BCUT2D eigenvalue weighted by Gasteiger charge is 2.00. The highest BCUT2D eigenvalue weighted by molar-refractivity contribution is 5.66. The van der Waals surface area contributed by atoms with Gasteiger partial charge in [0, 0.05) is 18.0 Å². The number of pyridine rings is 1. The molecule has 0 aliphatic rings. The average Bonchev–Trinajstić information content (AvgIpc) is 2.40. The molecule has 0 bridgehead atoms. The SMILES string of the molecule is O=C(O)CCOc1cccc(Nc2ccccn2)c1. The van der Waals surface area contributed by atoms with Gasteiger partial charge in [-0.15, -0.1) is 0 Å². The largest absolute Gasteiger partial charge is 0.493 e. The molecule has 0 unspecified atom stereocenters. The maximum atomic E-state index is 10.4. The van der Waals surface area contributed by atoms with Crippen molar-refractivity contribution < 1.29 is 14.6 Å². The number of anilines is 2. The smallest absolute Gasteiger partial charge is 0.306 e. The predicted octanol–water partition coefficient (Wildman–Crippen LogP) is 2.68. The van der Waals surface area contributed by atoms with Crippen LogP contribution in [0.3, 0.4) is 0 Å². The van der Waals surface area contributed by atoms with E-state index in [0.717, 1.165) is 11.5 Å². The van der Waals surface area contributed by atoms with E-state index in [0.29, 0.717) is 5.75 Å². The molecule has 2 N–H and O–H groups in total. The van der Waals surface area contributed by atoms with Crippen molar-refractivity contribution >= 4 is 17.5 Å². The Hall–Kier alpha value is -2.56. The van der Waals surface area contributed by atoms with Gasteiger partial charge < -0.3 is 15.2 Å². The zero-order valence-corrected chi connectivity index (χ0v) is 10.2. The summed E-state index contributed by atoms with van der Waals surface area (Å²) >= 11 is 0. The number of nitrogens with one attached hydrogen (secondary N) is 1. The van der Waals surface area contributed by atoms with Crippen LogP contribution in [-0.2, 0) is 4.79 Å². The summed E-state index contributed by atoms with van der Waals surface area (Å²) in [4.78, 5) is 14.6. The minimum absolute atomic E-state index is 0.0160. The third kappa shape index (κ3) is 4.31. The first-order chi connectivity index (χ1) is 9.24. The first-order valence-electron chi connectivity index (χ1n) is 5.87. The Morgan fingerprint density at radius 1 is 1.26 bits per heavy atom. The van der Waals surface area contributed by atoms with E-state index in [-0.39, 0.29) is 13.0 Å². The molecular weight excluding hydrogens is 244 g/mol. The quantitative estimate of drug-likeness (QED) is 0.833. The molecule has 0 aliphatic carbocycles. The number of carbonyl (C=O) groups is 1. The van der Waals surface area contributed by atoms with E-state index in [1.807, 2.05) is 30.3 Å². The summed E-state index contributed by atoms with van der Waals surface area (Å²) in [5, 5.41) is 11.7. The molecule has 1 heterocycles. The number of hydrogen-bond acceptors (Lipinski definition) is 4. The van der Waals surface area contributed by atoms with Crippen LogP contribution in [0.15, 0.2) is 48.7 Å². The van der Waals surface area contributed by atoms with Crippen LogP contribution in [0.25, 0.3) is 0 Å². The Morgan fingerprint density at radius 2 is 2.16 bits per heavy atom. The lowest BCUT2D eigenvalue weighted by atomic mass is 10.3. The molecule has 0 amide bonds. The lowest BCUT2D eigenvalue weighted by Crippen LogP contribution is -2.04. The molecule has 2 aromatic rings. The molecule has 0 saturated carbocycles. The Bertz CT molecular complexity index is 543. The third-order valence-corrected chi connectivity index (χ3v) is 2.36. The summed E-state index contributed by atoms with van der Waals surface area (Å²) in [6.07, 6.45) is 1.69. The lowest BCUT2D eigenvalue weighted by Gasteiger charge is -2.08. The van der Waals surface area contributed by atoms with Crippen LogP contribution in [0, 0.1) is 0 Å². The molecule has 5 nitrogen and oxygen atoms in total. The maximum absolute atomic E-state index is 10.4. The summed E-state index contributed by atoms with van der Waals surface area (Å²) < 4.78 is 5.35. The van der Waals surface area contributed by atoms with Crippen molar-refractivity contribution in [3.05, 3.63) is 48.7 Å². The second kappa shape index (κ2) is 6.39. The van der Waals surface area contributed by atoms with Crippen LogP contribution in [0.4, 0.5) is 11.5 Å². The minimum atomic E-state index is -0.872. The minimum Gasteiger partial charge on any atom is -0.493 e. The number of hydrogen-bond donors (Lipinski definition) is 2. The molecule has 98 valence electrons. The molecule has 5 heteroatoms. The first kappa shape index (κ1) is 12.9. The van der Waals surface area contributed by atoms with Gasteiger partial charge in [-0.1, -0.05) is 12.1 Å². The van der Waals surface area contributed by atoms with Gasteiger partial charge in [0.25, 0.3) is 0 Å². The van der Waals surface area contributed by atoms with Gasteiger partial charge in [-0.3, -0.25) is 4.79 Å². The number of carboxylic acid groups (broad SMARTS) is 1. The average molecular weight is 258 g/mol. The van der Waals surface area contributed by atoms with Crippen LogP contribution < -0.4 is 10.1 Å². The number of rotatable bonds is 6. The van der Waals surface area contributed by atoms with Crippen LogP contribution >= 0.6 is 0 Å². The van der Waals surface area contributed by atoms with E-state index < -0.39 is 5.97 Å². The fourth-order valence-corrected chi connectivity index (χ4v) is 1.50. The van der Waals surface area contributed by atoms with Gasteiger partial charge in [0.05, 0.1) is 13.0 Å². The maximum Gasteiger partial charge on any atom is 0.306 e. The van der Waals surface area contributed by atoms with Crippen molar-refractivity contribution in [3.8, 4) is 5.75 Å². The summed E-state index contributed by atoms with van der Waals surface area (Å²) in [5.41, 5.74) is 0.839. The predicted molar refractivity (Wildman–Crippen MR) is 71.7 cm³/mol. The molecular formula is C14H14N2O3. The van der Waals surface area contributed by atoms with E-state index in [2.05, 4.69) is 10.3 Å². The van der Waals surface area contributed by atoms with Crippen LogP contribution in [0.1, 0.15) is 6.42 Å². The number of nitrogens with zero attached hydrogens (tertiary/aromatic N) is 1. The van der Waals surface area contributed by atoms with Crippen LogP contribution in [0.5, 0.6) is 5.75 Å². The van der Waals surface area contributed by atoms with Gasteiger partial charge in [0.2, 0.25) is 0 Å². The summed E-state index contributed by atoms with van der Waals surface area (Å²) in [6, 6.07) is 12.9. The van der Waals surface area contributed by atoms with Crippen molar-refractivity contribution in [2.45, 2.75) is 6.42 Å². The van der Waals surface area contributed by atoms with E-state index >= 15 is 0 Å². The zero-order chi connectivity index (χ0) is 13.5. The standard InChI is InChI=1S/C14H14N2O3/c17-14(18)7-9-19-12-5-3-4-11(10-12)16-13-6-1-2-8-15-13/h1-6,8,10H,7,9H2,(H,15,16)(H,17,18). The van der Waals surface area contributed by atoms with Gasteiger partial charge in [0.15, 0.2) is 0 Å². The molecule has 2 rings (SSSR count). The van der Waals surface area contributed by atoms with Crippen LogP contribution in [0.2, 0.25) is 0 Å². The summed E-state index contributed by atoms with van der Waals surface area (Å²) in [7, 11) is 0. The molecule has 0 spiro atoms. The first-order valence-corrected chi connectivity index (χ1v) is 5.87. The fraction of sp³-hybridized carbons (Fsp3) is 0.143. The van der Waals surface area contributed by atoms with E-state index in [4.69, 9.17) is 9.84 Å². The van der Waals surface area contributed by atoms with Crippen molar-refractivity contribution in [2.24, 2.45) is 0 Å². The van der Waals surface area contributed by atoms with Gasteiger partial charge in [-0.25, -0.2) is 4.98 Å². The van der Waals surface area contributed by atoms with Crippen molar-refractivity contribution in [3.63, 3.8) is 0 Å². The molecule has 0 saturated heterocycles. The van der Waals surface area contributed by atoms with E-state index in [1.54, 1.807) is 18.3 Å². The van der Waals surface area contributed by atoms with Gasteiger partial charge in [0.1, 0.15) is 11.6 Å².